The quantitative estimate of drug-likeness (QED) is 0.371. The molecule has 1 aliphatic carbocycles. The molecule has 0 aromatic heterocycles. The Hall–Kier alpha value is -1.74. The molecule has 0 spiro atoms. The fourth-order valence-corrected chi connectivity index (χ4v) is 5.65. The Bertz CT molecular complexity index is 878. The van der Waals surface area contributed by atoms with Gasteiger partial charge in [0.2, 0.25) is 0 Å². The summed E-state index contributed by atoms with van der Waals surface area (Å²) in [5.74, 6) is -0.661. The highest BCUT2D eigenvalue weighted by Gasteiger charge is 2.40. The summed E-state index contributed by atoms with van der Waals surface area (Å²) in [6.07, 6.45) is 0.325. The minimum Gasteiger partial charge on any atom is -0.317 e. The standard InChI is InChI=1S/C13H14F4O2S.C10H19NO/c1-2-8-3-11(4-8)20(18,19)12-6-9(13(15,16)17)5-10(14)7-12;1-5-7-9(8(3)11-4)10(12)6-2/h5-8,11H,2-4H2,1H3;6,8-9,11H,2,5,7H2,1,3-4H3/t;8-,9-/m.0/s1. The van der Waals surface area contributed by atoms with E-state index in [9.17, 15) is 30.8 Å². The van der Waals surface area contributed by atoms with E-state index in [0.717, 1.165) is 19.3 Å². The van der Waals surface area contributed by atoms with Gasteiger partial charge in [-0.05, 0) is 63.4 Å². The molecule has 1 aliphatic rings. The van der Waals surface area contributed by atoms with Crippen molar-refractivity contribution in [2.24, 2.45) is 11.8 Å². The molecular formula is C23H33F4NO3S. The molecule has 32 heavy (non-hydrogen) atoms. The van der Waals surface area contributed by atoms with Crippen LogP contribution < -0.4 is 5.32 Å². The van der Waals surface area contributed by atoms with Crippen molar-refractivity contribution < 1.29 is 30.8 Å². The number of ketones is 1. The summed E-state index contributed by atoms with van der Waals surface area (Å²) in [7, 11) is -2.01. The third-order valence-corrected chi connectivity index (χ3v) is 8.12. The number of carbonyl (C=O) groups is 1. The molecule has 1 N–H and O–H groups in total. The van der Waals surface area contributed by atoms with Crippen molar-refractivity contribution in [2.45, 2.75) is 75.2 Å². The highest BCUT2D eigenvalue weighted by molar-refractivity contribution is 7.92. The van der Waals surface area contributed by atoms with Crippen LogP contribution >= 0.6 is 0 Å². The number of nitrogens with one attached hydrogen (secondary N) is 1. The monoisotopic (exact) mass is 479 g/mol. The number of sulfone groups is 1. The minimum absolute atomic E-state index is 0.0949. The summed E-state index contributed by atoms with van der Waals surface area (Å²) < 4.78 is 75.4. The lowest BCUT2D eigenvalue weighted by atomic mass is 9.83. The molecule has 4 nitrogen and oxygen atoms in total. The molecule has 182 valence electrons. The van der Waals surface area contributed by atoms with Gasteiger partial charge in [0.1, 0.15) is 5.82 Å². The van der Waals surface area contributed by atoms with Gasteiger partial charge in [0.25, 0.3) is 0 Å². The Morgan fingerprint density at radius 1 is 1.25 bits per heavy atom. The SMILES string of the molecule is C=CC(=O)[C@@H](CCC)[C@H](C)NC.CCC1CC(S(=O)(=O)c2cc(F)cc(C(F)(F)F)c2)C1. The first-order valence-electron chi connectivity index (χ1n) is 10.8. The van der Waals surface area contributed by atoms with Gasteiger partial charge in [0.15, 0.2) is 15.6 Å². The average molecular weight is 480 g/mol. The van der Waals surface area contributed by atoms with Crippen LogP contribution in [-0.4, -0.2) is 32.5 Å². The Morgan fingerprint density at radius 2 is 1.84 bits per heavy atom. The van der Waals surface area contributed by atoms with Crippen molar-refractivity contribution in [1.29, 1.82) is 0 Å². The molecule has 1 saturated carbocycles. The molecule has 1 fully saturated rings. The summed E-state index contributed by atoms with van der Waals surface area (Å²) in [5.41, 5.74) is -1.28. The van der Waals surface area contributed by atoms with Crippen LogP contribution in [-0.2, 0) is 20.8 Å². The van der Waals surface area contributed by atoms with Crippen LogP contribution in [0, 0.1) is 17.7 Å². The van der Waals surface area contributed by atoms with E-state index in [1.807, 2.05) is 20.9 Å². The Morgan fingerprint density at radius 3 is 2.28 bits per heavy atom. The molecule has 0 amide bonds. The van der Waals surface area contributed by atoms with Crippen molar-refractivity contribution >= 4 is 15.6 Å². The van der Waals surface area contributed by atoms with E-state index in [-0.39, 0.29) is 23.7 Å². The normalized spacial score (nSPS) is 20.4. The third kappa shape index (κ3) is 7.40. The maximum atomic E-state index is 13.3. The van der Waals surface area contributed by atoms with Crippen LogP contribution in [0.25, 0.3) is 0 Å². The third-order valence-electron chi connectivity index (χ3n) is 5.96. The smallest absolute Gasteiger partial charge is 0.317 e. The predicted molar refractivity (Wildman–Crippen MR) is 118 cm³/mol. The second-order valence-electron chi connectivity index (χ2n) is 8.17. The van der Waals surface area contributed by atoms with E-state index >= 15 is 0 Å². The molecular weight excluding hydrogens is 446 g/mol. The molecule has 0 radical (unpaired) electrons. The number of alkyl halides is 3. The second-order valence-corrected chi connectivity index (χ2v) is 10.4. The maximum absolute atomic E-state index is 13.3. The predicted octanol–water partition coefficient (Wildman–Crippen LogP) is 5.57. The average Bonchev–Trinajstić information content (AvgIpc) is 2.69. The molecule has 9 heteroatoms. The maximum Gasteiger partial charge on any atom is 0.416 e. The molecule has 1 aromatic rings. The zero-order valence-electron chi connectivity index (χ0n) is 19.0. The first-order valence-corrected chi connectivity index (χ1v) is 12.3. The number of hydrogen-bond acceptors (Lipinski definition) is 4. The van der Waals surface area contributed by atoms with Crippen molar-refractivity contribution in [2.75, 3.05) is 7.05 Å². The summed E-state index contributed by atoms with van der Waals surface area (Å²) in [4.78, 5) is 10.8. The van der Waals surface area contributed by atoms with Crippen molar-refractivity contribution in [1.82, 2.24) is 5.32 Å². The molecule has 2 rings (SSSR count). The molecule has 0 saturated heterocycles. The summed E-state index contributed by atoms with van der Waals surface area (Å²) >= 11 is 0. The molecule has 0 heterocycles. The van der Waals surface area contributed by atoms with Gasteiger partial charge >= 0.3 is 6.18 Å². The number of benzene rings is 1. The first kappa shape index (κ1) is 28.3. The van der Waals surface area contributed by atoms with Crippen LogP contribution in [0.15, 0.2) is 35.7 Å². The van der Waals surface area contributed by atoms with Crippen LogP contribution in [0.5, 0.6) is 0 Å². The van der Waals surface area contributed by atoms with Gasteiger partial charge in [-0.1, -0.05) is 33.3 Å². The number of carbonyl (C=O) groups excluding carboxylic acids is 1. The Balaban J connectivity index is 0.000000368. The Labute approximate surface area is 188 Å². The summed E-state index contributed by atoms with van der Waals surface area (Å²) in [6.45, 7) is 9.55. The lowest BCUT2D eigenvalue weighted by Gasteiger charge is -2.34. The Kier molecular flexibility index (Phi) is 10.5. The highest BCUT2D eigenvalue weighted by Crippen LogP contribution is 2.39. The number of rotatable bonds is 9. The minimum atomic E-state index is -4.77. The number of halogens is 4. The fraction of sp³-hybridized carbons (Fsp3) is 0.609. The zero-order chi connectivity index (χ0) is 24.7. The summed E-state index contributed by atoms with van der Waals surface area (Å²) in [6, 6.07) is 1.71. The van der Waals surface area contributed by atoms with E-state index < -0.39 is 37.5 Å². The molecule has 1 aromatic carbocycles. The topological polar surface area (TPSA) is 63.2 Å². The van der Waals surface area contributed by atoms with Crippen molar-refractivity contribution in [3.63, 3.8) is 0 Å². The van der Waals surface area contributed by atoms with E-state index in [1.54, 1.807) is 0 Å². The lowest BCUT2D eigenvalue weighted by Crippen LogP contribution is -2.35. The van der Waals surface area contributed by atoms with Gasteiger partial charge in [0.05, 0.1) is 15.7 Å². The number of allylic oxidation sites excluding steroid dienone is 1. The van der Waals surface area contributed by atoms with Gasteiger partial charge in [-0.2, -0.15) is 13.2 Å². The van der Waals surface area contributed by atoms with Crippen molar-refractivity contribution in [3.05, 3.63) is 42.2 Å². The van der Waals surface area contributed by atoms with E-state index in [2.05, 4.69) is 18.8 Å². The van der Waals surface area contributed by atoms with Crippen LogP contribution in [0.1, 0.15) is 58.4 Å². The largest absolute Gasteiger partial charge is 0.416 e. The lowest BCUT2D eigenvalue weighted by molar-refractivity contribution is -0.138. The fourth-order valence-electron chi connectivity index (χ4n) is 3.65. The van der Waals surface area contributed by atoms with Crippen LogP contribution in [0.4, 0.5) is 17.6 Å². The van der Waals surface area contributed by atoms with Gasteiger partial charge in [-0.15, -0.1) is 0 Å². The number of hydrogen-bond donors (Lipinski definition) is 1. The van der Waals surface area contributed by atoms with Crippen LogP contribution in [0.2, 0.25) is 0 Å². The van der Waals surface area contributed by atoms with Crippen LogP contribution in [0.3, 0.4) is 0 Å². The summed E-state index contributed by atoms with van der Waals surface area (Å²) in [5, 5.41) is 2.40. The van der Waals surface area contributed by atoms with Gasteiger partial charge < -0.3 is 5.32 Å². The first-order chi connectivity index (χ1) is 14.8. The second kappa shape index (κ2) is 11.9. The van der Waals surface area contributed by atoms with Gasteiger partial charge in [-0.25, -0.2) is 12.8 Å². The molecule has 0 aliphatic heterocycles. The van der Waals surface area contributed by atoms with E-state index in [4.69, 9.17) is 0 Å². The van der Waals surface area contributed by atoms with Crippen molar-refractivity contribution in [3.8, 4) is 0 Å². The zero-order valence-corrected chi connectivity index (χ0v) is 19.8. The molecule has 0 unspecified atom stereocenters. The molecule has 0 bridgehead atoms. The van der Waals surface area contributed by atoms with E-state index in [1.165, 1.54) is 6.08 Å². The molecule has 2 atom stereocenters. The van der Waals surface area contributed by atoms with E-state index in [0.29, 0.717) is 31.0 Å². The van der Waals surface area contributed by atoms with Gasteiger partial charge in [-0.3, -0.25) is 4.79 Å². The van der Waals surface area contributed by atoms with Gasteiger partial charge in [0, 0.05) is 12.0 Å². The highest BCUT2D eigenvalue weighted by atomic mass is 32.2.